The van der Waals surface area contributed by atoms with Gasteiger partial charge in [-0.3, -0.25) is 0 Å². The predicted molar refractivity (Wildman–Crippen MR) is 74.7 cm³/mol. The van der Waals surface area contributed by atoms with Gasteiger partial charge in [0.15, 0.2) is 0 Å². The van der Waals surface area contributed by atoms with Crippen LogP contribution in [0.15, 0.2) is 53.7 Å². The molecule has 0 heterocycles. The zero-order valence-electron chi connectivity index (χ0n) is 10.8. The van der Waals surface area contributed by atoms with Crippen LogP contribution in [0.5, 0.6) is 0 Å². The monoisotopic (exact) mass is 239 g/mol. The van der Waals surface area contributed by atoms with Gasteiger partial charge in [0.2, 0.25) is 0 Å². The van der Waals surface area contributed by atoms with E-state index in [2.05, 4.69) is 37.2 Å². The molecule has 0 bridgehead atoms. The topological polar surface area (TPSA) is 21.6 Å². The van der Waals surface area contributed by atoms with Gasteiger partial charge in [-0.25, -0.2) is 0 Å². The van der Waals surface area contributed by atoms with Gasteiger partial charge in [-0.15, -0.1) is 0 Å². The number of oxime groups is 1. The normalized spacial score (nSPS) is 10.8. The molecule has 0 aliphatic heterocycles. The first-order chi connectivity index (χ1) is 8.77. The fraction of sp³-hybridized carbons (Fsp3) is 0.188. The molecule has 2 nitrogen and oxygen atoms in total. The Morgan fingerprint density at radius 3 is 2.33 bits per heavy atom. The summed E-state index contributed by atoms with van der Waals surface area (Å²) in [5, 5.41) is 4.01. The maximum Gasteiger partial charge on any atom is 0.142 e. The molecular weight excluding hydrogens is 222 g/mol. The molecule has 0 radical (unpaired) electrons. The van der Waals surface area contributed by atoms with Crippen molar-refractivity contribution in [1.29, 1.82) is 0 Å². The molecular formula is C16H17NO. The van der Waals surface area contributed by atoms with Crippen LogP contribution in [0.2, 0.25) is 0 Å². The Labute approximate surface area is 108 Å². The molecule has 0 fully saturated rings. The van der Waals surface area contributed by atoms with Gasteiger partial charge in [0.1, 0.15) is 6.61 Å². The Morgan fingerprint density at radius 1 is 0.944 bits per heavy atom. The molecule has 0 amide bonds. The number of rotatable bonds is 4. The van der Waals surface area contributed by atoms with Crippen molar-refractivity contribution in [3.63, 3.8) is 0 Å². The second-order valence-corrected chi connectivity index (χ2v) is 4.29. The minimum atomic E-state index is 0.509. The fourth-order valence-corrected chi connectivity index (χ4v) is 1.70. The second-order valence-electron chi connectivity index (χ2n) is 4.29. The van der Waals surface area contributed by atoms with Crippen LogP contribution in [-0.4, -0.2) is 6.21 Å². The van der Waals surface area contributed by atoms with E-state index >= 15 is 0 Å². The van der Waals surface area contributed by atoms with E-state index in [4.69, 9.17) is 4.84 Å². The maximum absolute atomic E-state index is 5.33. The van der Waals surface area contributed by atoms with Crippen LogP contribution in [0.1, 0.15) is 22.3 Å². The molecule has 0 saturated carbocycles. The first-order valence-electron chi connectivity index (χ1n) is 6.03. The van der Waals surface area contributed by atoms with Gasteiger partial charge in [-0.2, -0.15) is 0 Å². The van der Waals surface area contributed by atoms with Crippen molar-refractivity contribution >= 4 is 6.21 Å². The van der Waals surface area contributed by atoms with E-state index in [1.165, 1.54) is 16.7 Å². The minimum Gasteiger partial charge on any atom is -0.391 e. The van der Waals surface area contributed by atoms with E-state index in [0.717, 1.165) is 5.56 Å². The summed E-state index contributed by atoms with van der Waals surface area (Å²) in [4.78, 5) is 5.33. The van der Waals surface area contributed by atoms with E-state index in [9.17, 15) is 0 Å². The Balaban J connectivity index is 1.93. The Morgan fingerprint density at radius 2 is 1.61 bits per heavy atom. The SMILES string of the molecule is Cc1ccccc1C=NOCc1ccccc1C. The lowest BCUT2D eigenvalue weighted by atomic mass is 10.1. The molecule has 0 N–H and O–H groups in total. The van der Waals surface area contributed by atoms with E-state index in [1.54, 1.807) is 6.21 Å². The fourth-order valence-electron chi connectivity index (χ4n) is 1.70. The van der Waals surface area contributed by atoms with Gasteiger partial charge in [-0.05, 0) is 36.1 Å². The molecule has 18 heavy (non-hydrogen) atoms. The number of benzene rings is 2. The van der Waals surface area contributed by atoms with Crippen LogP contribution in [-0.2, 0) is 11.4 Å². The van der Waals surface area contributed by atoms with E-state index < -0.39 is 0 Å². The lowest BCUT2D eigenvalue weighted by Gasteiger charge is -2.03. The standard InChI is InChI=1S/C16H17NO/c1-13-7-3-5-9-15(13)11-17-18-12-16-10-6-4-8-14(16)2/h3-11H,12H2,1-2H3. The third-order valence-electron chi connectivity index (χ3n) is 2.94. The Kier molecular flexibility index (Phi) is 4.13. The lowest BCUT2D eigenvalue weighted by molar-refractivity contribution is 0.131. The highest BCUT2D eigenvalue weighted by Gasteiger charge is 1.96. The zero-order valence-corrected chi connectivity index (χ0v) is 10.8. The molecule has 2 heteroatoms. The first-order valence-corrected chi connectivity index (χ1v) is 6.03. The molecule has 0 aliphatic rings. The number of hydrogen-bond acceptors (Lipinski definition) is 2. The van der Waals surface area contributed by atoms with Gasteiger partial charge in [0.25, 0.3) is 0 Å². The van der Waals surface area contributed by atoms with Crippen molar-refractivity contribution in [2.45, 2.75) is 20.5 Å². The molecule has 0 aromatic heterocycles. The summed E-state index contributed by atoms with van der Waals surface area (Å²) in [6, 6.07) is 16.3. The largest absolute Gasteiger partial charge is 0.391 e. The third kappa shape index (κ3) is 3.20. The highest BCUT2D eigenvalue weighted by atomic mass is 16.6. The average molecular weight is 239 g/mol. The van der Waals surface area contributed by atoms with Crippen LogP contribution in [0.4, 0.5) is 0 Å². The zero-order chi connectivity index (χ0) is 12.8. The van der Waals surface area contributed by atoms with Crippen molar-refractivity contribution < 1.29 is 4.84 Å². The summed E-state index contributed by atoms with van der Waals surface area (Å²) >= 11 is 0. The molecule has 0 spiro atoms. The smallest absolute Gasteiger partial charge is 0.142 e. The summed E-state index contributed by atoms with van der Waals surface area (Å²) < 4.78 is 0. The highest BCUT2D eigenvalue weighted by molar-refractivity contribution is 5.81. The van der Waals surface area contributed by atoms with Crippen molar-refractivity contribution in [1.82, 2.24) is 0 Å². The summed E-state index contributed by atoms with van der Waals surface area (Å²) in [6.45, 7) is 4.64. The van der Waals surface area contributed by atoms with Crippen molar-refractivity contribution in [3.05, 3.63) is 70.8 Å². The number of aryl methyl sites for hydroxylation is 2. The molecule has 2 rings (SSSR count). The summed E-state index contributed by atoms with van der Waals surface area (Å²) in [5.41, 5.74) is 4.67. The molecule has 0 saturated heterocycles. The van der Waals surface area contributed by atoms with Crippen LogP contribution < -0.4 is 0 Å². The quantitative estimate of drug-likeness (QED) is 0.586. The van der Waals surface area contributed by atoms with E-state index in [-0.39, 0.29) is 0 Å². The lowest BCUT2D eigenvalue weighted by Crippen LogP contribution is -1.92. The number of hydrogen-bond donors (Lipinski definition) is 0. The average Bonchev–Trinajstić information content (AvgIpc) is 2.38. The summed E-state index contributed by atoms with van der Waals surface area (Å²) in [7, 11) is 0. The van der Waals surface area contributed by atoms with Crippen LogP contribution in [0.3, 0.4) is 0 Å². The van der Waals surface area contributed by atoms with Gasteiger partial charge in [-0.1, -0.05) is 53.7 Å². The third-order valence-corrected chi connectivity index (χ3v) is 2.94. The minimum absolute atomic E-state index is 0.509. The Hall–Kier alpha value is -2.09. The molecule has 0 atom stereocenters. The number of nitrogens with zero attached hydrogens (tertiary/aromatic N) is 1. The van der Waals surface area contributed by atoms with Crippen molar-refractivity contribution in [2.24, 2.45) is 5.16 Å². The summed E-state index contributed by atoms with van der Waals surface area (Å²) in [5.74, 6) is 0. The molecule has 0 aliphatic carbocycles. The van der Waals surface area contributed by atoms with Crippen LogP contribution >= 0.6 is 0 Å². The van der Waals surface area contributed by atoms with Crippen LogP contribution in [0.25, 0.3) is 0 Å². The molecule has 92 valence electrons. The van der Waals surface area contributed by atoms with Gasteiger partial charge in [0, 0.05) is 0 Å². The summed E-state index contributed by atoms with van der Waals surface area (Å²) in [6.07, 6.45) is 1.76. The highest BCUT2D eigenvalue weighted by Crippen LogP contribution is 2.08. The predicted octanol–water partition coefficient (Wildman–Crippen LogP) is 3.85. The molecule has 2 aromatic carbocycles. The Bertz CT molecular complexity index is 546. The van der Waals surface area contributed by atoms with Crippen LogP contribution in [0, 0.1) is 13.8 Å². The van der Waals surface area contributed by atoms with E-state index in [1.807, 2.05) is 30.3 Å². The first kappa shape index (κ1) is 12.4. The van der Waals surface area contributed by atoms with Crippen molar-refractivity contribution in [2.75, 3.05) is 0 Å². The maximum atomic E-state index is 5.33. The molecule has 0 unspecified atom stereocenters. The van der Waals surface area contributed by atoms with Gasteiger partial charge in [0.05, 0.1) is 6.21 Å². The second kappa shape index (κ2) is 6.01. The van der Waals surface area contributed by atoms with E-state index in [0.29, 0.717) is 6.61 Å². The van der Waals surface area contributed by atoms with Gasteiger partial charge < -0.3 is 4.84 Å². The molecule has 2 aromatic rings. The van der Waals surface area contributed by atoms with Crippen molar-refractivity contribution in [3.8, 4) is 0 Å². The van der Waals surface area contributed by atoms with Gasteiger partial charge >= 0.3 is 0 Å².